The van der Waals surface area contributed by atoms with Crippen LogP contribution < -0.4 is 10.6 Å². The van der Waals surface area contributed by atoms with Crippen molar-refractivity contribution in [2.24, 2.45) is 5.92 Å². The number of piperidine rings is 1. The van der Waals surface area contributed by atoms with Crippen LogP contribution >= 0.6 is 0 Å². The molecule has 0 aromatic rings. The third-order valence-corrected chi connectivity index (χ3v) is 3.52. The molecule has 2 saturated heterocycles. The van der Waals surface area contributed by atoms with E-state index in [-0.39, 0.29) is 6.03 Å². The molecule has 0 atom stereocenters. The summed E-state index contributed by atoms with van der Waals surface area (Å²) in [6, 6.07) is 0.0764. The Bertz CT molecular complexity index is 271. The first-order valence-electron chi connectivity index (χ1n) is 7.04. The Balaban J connectivity index is 1.64. The first kappa shape index (κ1) is 13.6. The molecular weight excluding hydrogens is 230 g/mol. The first-order chi connectivity index (χ1) is 8.65. The van der Waals surface area contributed by atoms with Crippen molar-refractivity contribution in [2.45, 2.75) is 38.9 Å². The highest BCUT2D eigenvalue weighted by atomic mass is 16.5. The lowest BCUT2D eigenvalue weighted by molar-refractivity contribution is -0.0579. The van der Waals surface area contributed by atoms with Crippen LogP contribution in [0.1, 0.15) is 26.7 Å². The van der Waals surface area contributed by atoms with E-state index in [9.17, 15) is 4.79 Å². The number of ether oxygens (including phenoxy) is 1. The average molecular weight is 255 g/mol. The van der Waals surface area contributed by atoms with Gasteiger partial charge in [0.15, 0.2) is 0 Å². The minimum Gasteiger partial charge on any atom is -0.372 e. The Hall–Kier alpha value is -0.810. The standard InChI is InChI=1S/C13H25N3O2/c1-10(2)7-15-13(17)16-5-3-11(4-6-16)18-12-8-14-9-12/h10-12,14H,3-9H2,1-2H3,(H,15,17). The van der Waals surface area contributed by atoms with E-state index in [0.29, 0.717) is 18.1 Å². The second-order valence-electron chi connectivity index (χ2n) is 5.68. The van der Waals surface area contributed by atoms with Gasteiger partial charge in [0.1, 0.15) is 0 Å². The molecule has 2 amide bonds. The highest BCUT2D eigenvalue weighted by molar-refractivity contribution is 5.74. The summed E-state index contributed by atoms with van der Waals surface area (Å²) in [5.74, 6) is 0.501. The van der Waals surface area contributed by atoms with Crippen LogP contribution in [0.4, 0.5) is 4.79 Å². The second kappa shape index (κ2) is 6.38. The van der Waals surface area contributed by atoms with Gasteiger partial charge >= 0.3 is 6.03 Å². The molecule has 2 fully saturated rings. The molecule has 0 radical (unpaired) electrons. The van der Waals surface area contributed by atoms with E-state index in [2.05, 4.69) is 24.5 Å². The summed E-state index contributed by atoms with van der Waals surface area (Å²) in [5, 5.41) is 6.17. The monoisotopic (exact) mass is 255 g/mol. The molecule has 0 aromatic heterocycles. The molecule has 0 spiro atoms. The molecule has 2 heterocycles. The number of carbonyl (C=O) groups is 1. The predicted molar refractivity (Wildman–Crippen MR) is 70.6 cm³/mol. The predicted octanol–water partition coefficient (Wildman–Crippen LogP) is 0.805. The van der Waals surface area contributed by atoms with Crippen molar-refractivity contribution in [2.75, 3.05) is 32.7 Å². The number of likely N-dealkylation sites (tertiary alicyclic amines) is 1. The number of hydrogen-bond donors (Lipinski definition) is 2. The van der Waals surface area contributed by atoms with Crippen molar-refractivity contribution in [3.05, 3.63) is 0 Å². The van der Waals surface area contributed by atoms with Gasteiger partial charge in [-0.15, -0.1) is 0 Å². The molecule has 2 aliphatic heterocycles. The SMILES string of the molecule is CC(C)CNC(=O)N1CCC(OC2CNC2)CC1. The highest BCUT2D eigenvalue weighted by Gasteiger charge is 2.27. The molecule has 0 aliphatic carbocycles. The zero-order valence-electron chi connectivity index (χ0n) is 11.4. The second-order valence-corrected chi connectivity index (χ2v) is 5.68. The zero-order valence-corrected chi connectivity index (χ0v) is 11.4. The summed E-state index contributed by atoms with van der Waals surface area (Å²) >= 11 is 0. The van der Waals surface area contributed by atoms with Gasteiger partial charge in [-0.2, -0.15) is 0 Å². The van der Waals surface area contributed by atoms with Gasteiger partial charge in [0, 0.05) is 32.7 Å². The maximum Gasteiger partial charge on any atom is 0.317 e. The van der Waals surface area contributed by atoms with Crippen LogP contribution in [0.25, 0.3) is 0 Å². The number of nitrogens with one attached hydrogen (secondary N) is 2. The number of rotatable bonds is 4. The highest BCUT2D eigenvalue weighted by Crippen LogP contribution is 2.16. The number of nitrogens with zero attached hydrogens (tertiary/aromatic N) is 1. The normalized spacial score (nSPS) is 22.1. The number of carbonyl (C=O) groups excluding carboxylic acids is 1. The lowest BCUT2D eigenvalue weighted by Crippen LogP contribution is -2.52. The van der Waals surface area contributed by atoms with E-state index in [1.165, 1.54) is 0 Å². The molecular formula is C13H25N3O2. The Morgan fingerprint density at radius 1 is 1.33 bits per heavy atom. The lowest BCUT2D eigenvalue weighted by Gasteiger charge is -2.36. The van der Waals surface area contributed by atoms with E-state index >= 15 is 0 Å². The van der Waals surface area contributed by atoms with Crippen molar-refractivity contribution < 1.29 is 9.53 Å². The number of amides is 2. The number of hydrogen-bond acceptors (Lipinski definition) is 3. The molecule has 2 N–H and O–H groups in total. The molecule has 2 rings (SSSR count). The molecule has 0 unspecified atom stereocenters. The van der Waals surface area contributed by atoms with Crippen molar-refractivity contribution in [3.8, 4) is 0 Å². The fraction of sp³-hybridized carbons (Fsp3) is 0.923. The quantitative estimate of drug-likeness (QED) is 0.781. The molecule has 0 aromatic carbocycles. The molecule has 5 nitrogen and oxygen atoms in total. The van der Waals surface area contributed by atoms with Crippen molar-refractivity contribution in [1.82, 2.24) is 15.5 Å². The van der Waals surface area contributed by atoms with Crippen LogP contribution in [-0.4, -0.2) is 55.9 Å². The van der Waals surface area contributed by atoms with Crippen molar-refractivity contribution in [1.29, 1.82) is 0 Å². The fourth-order valence-electron chi connectivity index (χ4n) is 2.23. The van der Waals surface area contributed by atoms with E-state index < -0.39 is 0 Å². The van der Waals surface area contributed by atoms with Crippen LogP contribution in [0.3, 0.4) is 0 Å². The van der Waals surface area contributed by atoms with Crippen LogP contribution in [0.5, 0.6) is 0 Å². The van der Waals surface area contributed by atoms with Gasteiger partial charge in [-0.25, -0.2) is 4.79 Å². The number of urea groups is 1. The summed E-state index contributed by atoms with van der Waals surface area (Å²) in [5.41, 5.74) is 0. The van der Waals surface area contributed by atoms with Gasteiger partial charge in [-0.1, -0.05) is 13.8 Å². The first-order valence-corrected chi connectivity index (χ1v) is 7.04. The molecule has 18 heavy (non-hydrogen) atoms. The van der Waals surface area contributed by atoms with Crippen LogP contribution in [0, 0.1) is 5.92 Å². The van der Waals surface area contributed by atoms with Gasteiger partial charge in [0.2, 0.25) is 0 Å². The molecule has 2 aliphatic rings. The van der Waals surface area contributed by atoms with Gasteiger partial charge in [-0.05, 0) is 18.8 Å². The smallest absolute Gasteiger partial charge is 0.317 e. The maximum absolute atomic E-state index is 11.9. The molecule has 5 heteroatoms. The fourth-order valence-corrected chi connectivity index (χ4v) is 2.23. The Kier molecular flexibility index (Phi) is 4.83. The van der Waals surface area contributed by atoms with Crippen LogP contribution in [0.2, 0.25) is 0 Å². The Morgan fingerprint density at radius 3 is 2.50 bits per heavy atom. The Morgan fingerprint density at radius 2 is 2.00 bits per heavy atom. The van der Waals surface area contributed by atoms with E-state index in [1.807, 2.05) is 4.90 Å². The summed E-state index contributed by atoms with van der Waals surface area (Å²) in [4.78, 5) is 13.8. The summed E-state index contributed by atoms with van der Waals surface area (Å²) in [7, 11) is 0. The summed E-state index contributed by atoms with van der Waals surface area (Å²) < 4.78 is 5.93. The lowest BCUT2D eigenvalue weighted by atomic mass is 10.1. The van der Waals surface area contributed by atoms with E-state index in [0.717, 1.165) is 45.6 Å². The van der Waals surface area contributed by atoms with Gasteiger partial charge in [0.25, 0.3) is 0 Å². The summed E-state index contributed by atoms with van der Waals surface area (Å²) in [6.45, 7) is 8.55. The minimum atomic E-state index is 0.0764. The maximum atomic E-state index is 11.9. The van der Waals surface area contributed by atoms with Gasteiger partial charge < -0.3 is 20.3 Å². The molecule has 0 bridgehead atoms. The third kappa shape index (κ3) is 3.85. The van der Waals surface area contributed by atoms with Crippen LogP contribution in [0.15, 0.2) is 0 Å². The minimum absolute atomic E-state index is 0.0764. The third-order valence-electron chi connectivity index (χ3n) is 3.52. The van der Waals surface area contributed by atoms with Crippen molar-refractivity contribution >= 4 is 6.03 Å². The van der Waals surface area contributed by atoms with Gasteiger partial charge in [0.05, 0.1) is 12.2 Å². The molecule has 104 valence electrons. The Labute approximate surface area is 109 Å². The topological polar surface area (TPSA) is 53.6 Å². The largest absolute Gasteiger partial charge is 0.372 e. The average Bonchev–Trinajstić information content (AvgIpc) is 2.31. The van der Waals surface area contributed by atoms with Crippen molar-refractivity contribution in [3.63, 3.8) is 0 Å². The van der Waals surface area contributed by atoms with Gasteiger partial charge in [-0.3, -0.25) is 0 Å². The molecule has 0 saturated carbocycles. The van der Waals surface area contributed by atoms with Crippen LogP contribution in [-0.2, 0) is 4.74 Å². The zero-order chi connectivity index (χ0) is 13.0. The van der Waals surface area contributed by atoms with E-state index in [1.54, 1.807) is 0 Å². The summed E-state index contributed by atoms with van der Waals surface area (Å²) in [6.07, 6.45) is 2.67. The van der Waals surface area contributed by atoms with E-state index in [4.69, 9.17) is 4.74 Å².